The van der Waals surface area contributed by atoms with E-state index in [0.29, 0.717) is 5.41 Å². The van der Waals surface area contributed by atoms with E-state index in [-0.39, 0.29) is 0 Å². The highest BCUT2D eigenvalue weighted by atomic mass is 32.2. The van der Waals surface area contributed by atoms with Gasteiger partial charge in [-0.25, -0.2) is 0 Å². The van der Waals surface area contributed by atoms with Gasteiger partial charge in [-0.3, -0.25) is 4.99 Å². The summed E-state index contributed by atoms with van der Waals surface area (Å²) in [5.41, 5.74) is 0.713. The highest BCUT2D eigenvalue weighted by Gasteiger charge is 2.53. The van der Waals surface area contributed by atoms with Crippen LogP contribution in [0.3, 0.4) is 0 Å². The second-order valence-corrected chi connectivity index (χ2v) is 5.80. The summed E-state index contributed by atoms with van der Waals surface area (Å²) in [6.45, 7) is 1.10. The number of hydrogen-bond acceptors (Lipinski definition) is 2. The van der Waals surface area contributed by atoms with Gasteiger partial charge in [-0.1, -0.05) is 0 Å². The highest BCUT2D eigenvalue weighted by molar-refractivity contribution is 7.99. The second-order valence-electron chi connectivity index (χ2n) is 4.58. The van der Waals surface area contributed by atoms with Crippen molar-refractivity contribution in [1.82, 2.24) is 10.6 Å². The molecule has 1 heterocycles. The van der Waals surface area contributed by atoms with E-state index in [1.807, 2.05) is 14.1 Å². The first-order valence-electron chi connectivity index (χ1n) is 5.77. The van der Waals surface area contributed by atoms with Gasteiger partial charge in [-0.15, -0.1) is 0 Å². The summed E-state index contributed by atoms with van der Waals surface area (Å²) in [7, 11) is 3.73. The van der Waals surface area contributed by atoms with E-state index in [1.54, 1.807) is 0 Å². The molecule has 2 aliphatic rings. The molecule has 4 heteroatoms. The van der Waals surface area contributed by atoms with Gasteiger partial charge in [0.2, 0.25) is 0 Å². The van der Waals surface area contributed by atoms with Crippen LogP contribution < -0.4 is 10.6 Å². The summed E-state index contributed by atoms with van der Waals surface area (Å²) in [6, 6.07) is 0. The fourth-order valence-corrected chi connectivity index (χ4v) is 3.92. The molecular formula is C11H21N3S. The zero-order valence-corrected chi connectivity index (χ0v) is 10.5. The van der Waals surface area contributed by atoms with Crippen molar-refractivity contribution in [2.45, 2.75) is 19.3 Å². The van der Waals surface area contributed by atoms with Crippen LogP contribution in [0.5, 0.6) is 0 Å². The predicted molar refractivity (Wildman–Crippen MR) is 67.5 cm³/mol. The molecule has 3 nitrogen and oxygen atoms in total. The summed E-state index contributed by atoms with van der Waals surface area (Å²) in [6.07, 6.45) is 4.30. The standard InChI is InChI=1S/C11H21N3S/c1-12-10(13-2)14-8-9-7-11(9)3-5-15-6-4-11/h9H,3-8H2,1-2H3,(H2,12,13,14). The Morgan fingerprint density at radius 2 is 2.20 bits per heavy atom. The maximum absolute atomic E-state index is 4.13. The number of nitrogens with zero attached hydrogens (tertiary/aromatic N) is 1. The Balaban J connectivity index is 1.74. The monoisotopic (exact) mass is 227 g/mol. The normalized spacial score (nSPS) is 28.9. The Labute approximate surface area is 96.5 Å². The Bertz CT molecular complexity index is 246. The first kappa shape index (κ1) is 11.1. The molecule has 1 spiro atoms. The van der Waals surface area contributed by atoms with Crippen molar-refractivity contribution in [1.29, 1.82) is 0 Å². The molecule has 1 saturated carbocycles. The summed E-state index contributed by atoms with van der Waals surface area (Å²) in [5, 5.41) is 6.45. The molecule has 1 aliphatic heterocycles. The number of thioether (sulfide) groups is 1. The molecule has 86 valence electrons. The lowest BCUT2D eigenvalue weighted by Gasteiger charge is -2.22. The van der Waals surface area contributed by atoms with Gasteiger partial charge in [0.05, 0.1) is 0 Å². The molecule has 0 aromatic carbocycles. The molecule has 1 aliphatic carbocycles. The van der Waals surface area contributed by atoms with E-state index in [4.69, 9.17) is 0 Å². The maximum atomic E-state index is 4.13. The van der Waals surface area contributed by atoms with Gasteiger partial charge >= 0.3 is 0 Å². The topological polar surface area (TPSA) is 36.4 Å². The minimum atomic E-state index is 0.713. The summed E-state index contributed by atoms with van der Waals surface area (Å²) >= 11 is 2.12. The zero-order valence-electron chi connectivity index (χ0n) is 9.68. The summed E-state index contributed by atoms with van der Waals surface area (Å²) < 4.78 is 0. The van der Waals surface area contributed by atoms with Crippen LogP contribution in [0.4, 0.5) is 0 Å². The van der Waals surface area contributed by atoms with Crippen LogP contribution in [0.15, 0.2) is 4.99 Å². The van der Waals surface area contributed by atoms with E-state index < -0.39 is 0 Å². The number of guanidine groups is 1. The van der Waals surface area contributed by atoms with Crippen molar-refractivity contribution in [3.63, 3.8) is 0 Å². The smallest absolute Gasteiger partial charge is 0.190 e. The Morgan fingerprint density at radius 1 is 1.47 bits per heavy atom. The van der Waals surface area contributed by atoms with Crippen LogP contribution in [0.1, 0.15) is 19.3 Å². The molecule has 0 bridgehead atoms. The largest absolute Gasteiger partial charge is 0.359 e. The Kier molecular flexibility index (Phi) is 3.44. The highest BCUT2D eigenvalue weighted by Crippen LogP contribution is 2.60. The fraction of sp³-hybridized carbons (Fsp3) is 0.909. The van der Waals surface area contributed by atoms with E-state index in [9.17, 15) is 0 Å². The lowest BCUT2D eigenvalue weighted by molar-refractivity contribution is 0.417. The molecule has 2 rings (SSSR count). The molecule has 0 aromatic rings. The van der Waals surface area contributed by atoms with Crippen LogP contribution in [-0.4, -0.2) is 38.1 Å². The molecular weight excluding hydrogens is 206 g/mol. The van der Waals surface area contributed by atoms with Crippen LogP contribution >= 0.6 is 11.8 Å². The van der Waals surface area contributed by atoms with E-state index in [1.165, 1.54) is 30.8 Å². The number of aliphatic imine (C=N–C) groups is 1. The van der Waals surface area contributed by atoms with Crippen molar-refractivity contribution in [2.75, 3.05) is 32.1 Å². The number of hydrogen-bond donors (Lipinski definition) is 2. The molecule has 2 fully saturated rings. The van der Waals surface area contributed by atoms with Crippen molar-refractivity contribution in [3.05, 3.63) is 0 Å². The van der Waals surface area contributed by atoms with Crippen molar-refractivity contribution in [3.8, 4) is 0 Å². The van der Waals surface area contributed by atoms with Crippen LogP contribution in [0.25, 0.3) is 0 Å². The fourth-order valence-electron chi connectivity index (χ4n) is 2.61. The second kappa shape index (κ2) is 4.64. The molecule has 15 heavy (non-hydrogen) atoms. The molecule has 0 amide bonds. The zero-order chi connectivity index (χ0) is 10.7. The molecule has 1 unspecified atom stereocenters. The van der Waals surface area contributed by atoms with Crippen LogP contribution in [0, 0.1) is 11.3 Å². The molecule has 1 atom stereocenters. The predicted octanol–water partition coefficient (Wildman–Crippen LogP) is 1.31. The third-order valence-corrected chi connectivity index (χ3v) is 4.81. The SMILES string of the molecule is CN=C(NC)NCC1CC12CCSCC2. The lowest BCUT2D eigenvalue weighted by Crippen LogP contribution is -2.36. The molecule has 2 N–H and O–H groups in total. The van der Waals surface area contributed by atoms with Crippen molar-refractivity contribution >= 4 is 17.7 Å². The molecule has 1 saturated heterocycles. The summed E-state index contributed by atoms with van der Waals surface area (Å²) in [4.78, 5) is 4.13. The van der Waals surface area contributed by atoms with Gasteiger partial charge in [-0.05, 0) is 42.1 Å². The van der Waals surface area contributed by atoms with Crippen LogP contribution in [-0.2, 0) is 0 Å². The van der Waals surface area contributed by atoms with E-state index in [0.717, 1.165) is 18.4 Å². The van der Waals surface area contributed by atoms with Gasteiger partial charge in [0.1, 0.15) is 0 Å². The minimum Gasteiger partial charge on any atom is -0.359 e. The average Bonchev–Trinajstić information content (AvgIpc) is 2.94. The Morgan fingerprint density at radius 3 is 2.80 bits per heavy atom. The van der Waals surface area contributed by atoms with Gasteiger partial charge in [-0.2, -0.15) is 11.8 Å². The maximum Gasteiger partial charge on any atom is 0.190 e. The first-order valence-corrected chi connectivity index (χ1v) is 6.92. The van der Waals surface area contributed by atoms with Gasteiger partial charge in [0.15, 0.2) is 5.96 Å². The van der Waals surface area contributed by atoms with Crippen LogP contribution in [0.2, 0.25) is 0 Å². The minimum absolute atomic E-state index is 0.713. The van der Waals surface area contributed by atoms with Gasteiger partial charge in [0, 0.05) is 20.6 Å². The van der Waals surface area contributed by atoms with Gasteiger partial charge in [0.25, 0.3) is 0 Å². The van der Waals surface area contributed by atoms with Crippen molar-refractivity contribution in [2.24, 2.45) is 16.3 Å². The molecule has 0 aromatic heterocycles. The van der Waals surface area contributed by atoms with E-state index in [2.05, 4.69) is 27.4 Å². The Hall–Kier alpha value is -0.380. The van der Waals surface area contributed by atoms with Gasteiger partial charge < -0.3 is 10.6 Å². The summed E-state index contributed by atoms with van der Waals surface area (Å²) in [5.74, 6) is 4.56. The average molecular weight is 227 g/mol. The lowest BCUT2D eigenvalue weighted by atomic mass is 9.96. The third-order valence-electron chi connectivity index (χ3n) is 3.82. The number of nitrogens with one attached hydrogen (secondary N) is 2. The van der Waals surface area contributed by atoms with E-state index >= 15 is 0 Å². The third kappa shape index (κ3) is 2.41. The number of rotatable bonds is 2. The quantitative estimate of drug-likeness (QED) is 0.552. The first-order chi connectivity index (χ1) is 7.30. The molecule has 0 radical (unpaired) electrons. The van der Waals surface area contributed by atoms with Crippen molar-refractivity contribution < 1.29 is 0 Å².